The molecule has 0 fully saturated rings. The molecule has 6 nitrogen and oxygen atoms in total. The molecule has 0 aliphatic heterocycles. The van der Waals surface area contributed by atoms with Gasteiger partial charge < -0.3 is 14.9 Å². The number of carbonyl (C=O) groups excluding carboxylic acids is 1. The van der Waals surface area contributed by atoms with Crippen LogP contribution in [0.15, 0.2) is 59.5 Å². The first kappa shape index (κ1) is 22.1. The Hall–Kier alpha value is -2.20. The van der Waals surface area contributed by atoms with E-state index in [0.717, 1.165) is 14.5 Å². The quantitative estimate of drug-likeness (QED) is 0.265. The largest absolute Gasteiger partial charge is 0.508 e. The number of ether oxygens (including phenoxy) is 1. The maximum absolute atomic E-state index is 12.4. The number of anilines is 1. The summed E-state index contributed by atoms with van der Waals surface area (Å²) >= 11 is 3.68. The number of carbonyl (C=O) groups is 2. The molecule has 0 unspecified atom stereocenters. The van der Waals surface area contributed by atoms with Crippen LogP contribution in [0.3, 0.4) is 0 Å². The second kappa shape index (κ2) is 10.4. The normalized spacial score (nSPS) is 13.1. The third-order valence-electron chi connectivity index (χ3n) is 3.89. The van der Waals surface area contributed by atoms with Gasteiger partial charge in [-0.3, -0.25) is 5.32 Å². The fourth-order valence-electron chi connectivity index (χ4n) is 2.48. The zero-order valence-electron chi connectivity index (χ0n) is 15.3. The Balaban J connectivity index is 2.23. The molecule has 0 aliphatic carbocycles. The zero-order chi connectivity index (χ0) is 20.7. The highest BCUT2D eigenvalue weighted by Crippen LogP contribution is 2.34. The molecule has 0 radical (unpaired) electrons. The molecular weight excluding hydrogens is 493 g/mol. The predicted octanol–water partition coefficient (Wildman–Crippen LogP) is 5.29. The van der Waals surface area contributed by atoms with Gasteiger partial charge in [-0.05, 0) is 71.3 Å². The van der Waals surface area contributed by atoms with Gasteiger partial charge in [-0.1, -0.05) is 13.0 Å². The summed E-state index contributed by atoms with van der Waals surface area (Å²) in [5, 5.41) is 21.8. The van der Waals surface area contributed by atoms with Crippen LogP contribution in [0.1, 0.15) is 18.6 Å². The maximum Gasteiger partial charge on any atom is 0.412 e. The number of rotatable bonds is 7. The van der Waals surface area contributed by atoms with Crippen LogP contribution in [0, 0.1) is 9.49 Å². The van der Waals surface area contributed by atoms with E-state index in [1.54, 1.807) is 43.0 Å². The SMILES string of the molecule is CSc1ccc(NC(=O)O[C@@H](c2cc(I)ccc2O)[C@@H](C)/C=C/C(=O)O)cc1. The summed E-state index contributed by atoms with van der Waals surface area (Å²) in [4.78, 5) is 24.3. The molecule has 0 aromatic heterocycles. The number of phenolic OH excluding ortho intramolecular Hbond substituents is 1. The van der Waals surface area contributed by atoms with E-state index < -0.39 is 24.1 Å². The van der Waals surface area contributed by atoms with Crippen LogP contribution in [0.2, 0.25) is 0 Å². The second-order valence-corrected chi connectivity index (χ2v) is 8.06. The first-order chi connectivity index (χ1) is 13.3. The number of carboxylic acid groups (broad SMARTS) is 1. The molecular formula is C20H20INO5S. The molecule has 3 N–H and O–H groups in total. The second-order valence-electron chi connectivity index (χ2n) is 5.94. The van der Waals surface area contributed by atoms with E-state index in [9.17, 15) is 14.7 Å². The van der Waals surface area contributed by atoms with Crippen LogP contribution in [-0.4, -0.2) is 28.5 Å². The molecule has 0 bridgehead atoms. The van der Waals surface area contributed by atoms with E-state index in [2.05, 4.69) is 27.9 Å². The number of carboxylic acids is 1. The Bertz CT molecular complexity index is 869. The van der Waals surface area contributed by atoms with E-state index in [-0.39, 0.29) is 5.75 Å². The van der Waals surface area contributed by atoms with E-state index in [1.807, 2.05) is 18.4 Å². The molecule has 28 heavy (non-hydrogen) atoms. The molecule has 2 aromatic carbocycles. The zero-order valence-corrected chi connectivity index (χ0v) is 18.2. The van der Waals surface area contributed by atoms with Gasteiger partial charge in [-0.15, -0.1) is 11.8 Å². The van der Waals surface area contributed by atoms with Crippen LogP contribution in [0.5, 0.6) is 5.75 Å². The fourth-order valence-corrected chi connectivity index (χ4v) is 3.40. The number of aliphatic carboxylic acids is 1. The van der Waals surface area contributed by atoms with Gasteiger partial charge in [0.05, 0.1) is 0 Å². The lowest BCUT2D eigenvalue weighted by molar-refractivity contribution is -0.131. The van der Waals surface area contributed by atoms with E-state index in [4.69, 9.17) is 9.84 Å². The highest BCUT2D eigenvalue weighted by atomic mass is 127. The molecule has 0 heterocycles. The summed E-state index contributed by atoms with van der Waals surface area (Å²) < 4.78 is 6.41. The Morgan fingerprint density at radius 3 is 2.50 bits per heavy atom. The molecule has 8 heteroatoms. The van der Waals surface area contributed by atoms with Gasteiger partial charge in [0.15, 0.2) is 0 Å². The number of amides is 1. The monoisotopic (exact) mass is 513 g/mol. The summed E-state index contributed by atoms with van der Waals surface area (Å²) in [6, 6.07) is 12.2. The van der Waals surface area contributed by atoms with Gasteiger partial charge >= 0.3 is 12.1 Å². The van der Waals surface area contributed by atoms with Crippen molar-refractivity contribution < 1.29 is 24.5 Å². The molecule has 2 atom stereocenters. The Morgan fingerprint density at radius 1 is 1.21 bits per heavy atom. The van der Waals surface area contributed by atoms with Crippen molar-refractivity contribution in [2.24, 2.45) is 5.92 Å². The van der Waals surface area contributed by atoms with Crippen LogP contribution in [-0.2, 0) is 9.53 Å². The summed E-state index contributed by atoms with van der Waals surface area (Å²) in [6.07, 6.45) is 2.81. The topological polar surface area (TPSA) is 95.9 Å². The lowest BCUT2D eigenvalue weighted by Crippen LogP contribution is -2.21. The molecule has 2 aromatic rings. The summed E-state index contributed by atoms with van der Waals surface area (Å²) in [7, 11) is 0. The first-order valence-corrected chi connectivity index (χ1v) is 10.6. The van der Waals surface area contributed by atoms with Crippen molar-refractivity contribution in [2.75, 3.05) is 11.6 Å². The number of hydrogen-bond donors (Lipinski definition) is 3. The van der Waals surface area contributed by atoms with Gasteiger partial charge in [-0.2, -0.15) is 0 Å². The molecule has 1 amide bonds. The number of halogens is 1. The Kier molecular flexibility index (Phi) is 8.18. The minimum atomic E-state index is -1.10. The number of hydrogen-bond acceptors (Lipinski definition) is 5. The third kappa shape index (κ3) is 6.45. The number of nitrogens with one attached hydrogen (secondary N) is 1. The Labute approximate surface area is 181 Å². The van der Waals surface area contributed by atoms with Crippen LogP contribution in [0.4, 0.5) is 10.5 Å². The van der Waals surface area contributed by atoms with Gasteiger partial charge in [0, 0.05) is 31.7 Å². The lowest BCUT2D eigenvalue weighted by Gasteiger charge is -2.23. The predicted molar refractivity (Wildman–Crippen MR) is 118 cm³/mol. The number of benzene rings is 2. The standard InChI is InChI=1S/C20H20INO5S/c1-12(3-10-18(24)25)19(16-11-13(21)4-9-17(16)23)27-20(26)22-14-5-7-15(28-2)8-6-14/h3-12,19,23H,1-2H3,(H,22,26)(H,24,25)/b10-3+/t12-,19+/m0/s1. The first-order valence-electron chi connectivity index (χ1n) is 8.31. The van der Waals surface area contributed by atoms with Crippen molar-refractivity contribution in [1.29, 1.82) is 0 Å². The highest BCUT2D eigenvalue weighted by molar-refractivity contribution is 14.1. The number of phenols is 1. The van der Waals surface area contributed by atoms with Crippen LogP contribution < -0.4 is 5.32 Å². The highest BCUT2D eigenvalue weighted by Gasteiger charge is 2.25. The van der Waals surface area contributed by atoms with Crippen molar-refractivity contribution in [1.82, 2.24) is 0 Å². The summed E-state index contributed by atoms with van der Waals surface area (Å²) in [5.41, 5.74) is 0.976. The molecule has 0 aliphatic rings. The molecule has 2 rings (SSSR count). The average molecular weight is 513 g/mol. The van der Waals surface area contributed by atoms with Gasteiger partial charge in [0.25, 0.3) is 0 Å². The molecule has 0 saturated heterocycles. The minimum absolute atomic E-state index is 0.0295. The van der Waals surface area contributed by atoms with Crippen molar-refractivity contribution in [3.63, 3.8) is 0 Å². The number of thioether (sulfide) groups is 1. The average Bonchev–Trinajstić information content (AvgIpc) is 2.67. The fraction of sp³-hybridized carbons (Fsp3) is 0.200. The summed E-state index contributed by atoms with van der Waals surface area (Å²) in [5.74, 6) is -1.61. The molecule has 0 spiro atoms. The smallest absolute Gasteiger partial charge is 0.412 e. The maximum atomic E-state index is 12.4. The van der Waals surface area contributed by atoms with Crippen molar-refractivity contribution in [2.45, 2.75) is 17.9 Å². The Morgan fingerprint density at radius 2 is 1.89 bits per heavy atom. The van der Waals surface area contributed by atoms with E-state index in [0.29, 0.717) is 11.3 Å². The molecule has 148 valence electrons. The lowest BCUT2D eigenvalue weighted by atomic mass is 9.96. The molecule has 0 saturated carbocycles. The number of aromatic hydroxyl groups is 1. The summed E-state index contributed by atoms with van der Waals surface area (Å²) in [6.45, 7) is 1.71. The van der Waals surface area contributed by atoms with Crippen molar-refractivity contribution >= 4 is 52.1 Å². The minimum Gasteiger partial charge on any atom is -0.508 e. The van der Waals surface area contributed by atoms with Gasteiger partial charge in [0.2, 0.25) is 0 Å². The van der Waals surface area contributed by atoms with Gasteiger partial charge in [0.1, 0.15) is 11.9 Å². The van der Waals surface area contributed by atoms with E-state index >= 15 is 0 Å². The van der Waals surface area contributed by atoms with Crippen molar-refractivity contribution in [3.05, 3.63) is 63.8 Å². The van der Waals surface area contributed by atoms with Crippen LogP contribution in [0.25, 0.3) is 0 Å². The van der Waals surface area contributed by atoms with Crippen LogP contribution >= 0.6 is 34.4 Å². The third-order valence-corrected chi connectivity index (χ3v) is 5.30. The van der Waals surface area contributed by atoms with E-state index in [1.165, 1.54) is 12.1 Å². The van der Waals surface area contributed by atoms with Crippen molar-refractivity contribution in [3.8, 4) is 5.75 Å². The van der Waals surface area contributed by atoms with Gasteiger partial charge in [-0.25, -0.2) is 9.59 Å².